The molecule has 0 aromatic heterocycles. The number of ether oxygens (including phenoxy) is 1. The predicted octanol–water partition coefficient (Wildman–Crippen LogP) is 1.68. The average Bonchev–Trinajstić information content (AvgIpc) is 2.78. The van der Waals surface area contributed by atoms with Gasteiger partial charge in [0.05, 0.1) is 6.61 Å². The molecule has 0 N–H and O–H groups in total. The molecule has 0 atom stereocenters. The molecule has 1 heterocycles. The van der Waals surface area contributed by atoms with E-state index in [0.717, 1.165) is 18.8 Å². The molecular weight excluding hydrogens is 208 g/mol. The van der Waals surface area contributed by atoms with Gasteiger partial charge in [-0.25, -0.2) is 0 Å². The highest BCUT2D eigenvalue weighted by atomic mass is 16.5. The van der Waals surface area contributed by atoms with E-state index in [2.05, 4.69) is 48.6 Å². The minimum atomic E-state index is 0.799. The quantitative estimate of drug-likeness (QED) is 0.560. The maximum absolute atomic E-state index is 5.84. The first-order valence-corrected chi connectivity index (χ1v) is 6.01. The minimum absolute atomic E-state index is 0.799. The van der Waals surface area contributed by atoms with Crippen LogP contribution in [-0.2, 0) is 0 Å². The van der Waals surface area contributed by atoms with Gasteiger partial charge < -0.3 is 4.74 Å². The third-order valence-electron chi connectivity index (χ3n) is 3.51. The molecule has 2 aromatic carbocycles. The Morgan fingerprint density at radius 3 is 2.82 bits per heavy atom. The van der Waals surface area contributed by atoms with Crippen molar-refractivity contribution in [3.63, 3.8) is 0 Å². The van der Waals surface area contributed by atoms with Crippen molar-refractivity contribution in [2.45, 2.75) is 6.42 Å². The van der Waals surface area contributed by atoms with Crippen LogP contribution >= 0.6 is 0 Å². The first kappa shape index (κ1) is 9.06. The zero-order valence-corrected chi connectivity index (χ0v) is 9.44. The molecule has 0 unspecified atom stereocenters. The van der Waals surface area contributed by atoms with Crippen LogP contribution in [0.5, 0.6) is 5.75 Å². The Morgan fingerprint density at radius 2 is 1.82 bits per heavy atom. The second kappa shape index (κ2) is 3.24. The fourth-order valence-electron chi connectivity index (χ4n) is 2.72. The second-order valence-electron chi connectivity index (χ2n) is 4.52. The van der Waals surface area contributed by atoms with Crippen LogP contribution in [0, 0.1) is 10.4 Å². The van der Waals surface area contributed by atoms with E-state index in [-0.39, 0.29) is 0 Å². The summed E-state index contributed by atoms with van der Waals surface area (Å²) in [6.07, 6.45) is 5.51. The SMILES string of the molecule is C1=c2ccc3c(c2OCC1)C=c1ccccc1=3. The molecule has 82 valence electrons. The van der Waals surface area contributed by atoms with Crippen molar-refractivity contribution >= 4 is 12.2 Å². The van der Waals surface area contributed by atoms with Crippen molar-refractivity contribution in [3.05, 3.63) is 62.8 Å². The fourth-order valence-corrected chi connectivity index (χ4v) is 2.72. The van der Waals surface area contributed by atoms with E-state index in [1.165, 1.54) is 26.4 Å². The molecule has 1 aliphatic heterocycles. The highest BCUT2D eigenvalue weighted by Gasteiger charge is 2.11. The van der Waals surface area contributed by atoms with E-state index < -0.39 is 0 Å². The van der Waals surface area contributed by atoms with E-state index in [4.69, 9.17) is 4.74 Å². The van der Waals surface area contributed by atoms with Gasteiger partial charge in [-0.3, -0.25) is 0 Å². The molecule has 0 amide bonds. The van der Waals surface area contributed by atoms with Gasteiger partial charge in [0.25, 0.3) is 0 Å². The monoisotopic (exact) mass is 220 g/mol. The third-order valence-corrected chi connectivity index (χ3v) is 3.51. The molecule has 17 heavy (non-hydrogen) atoms. The maximum atomic E-state index is 5.84. The van der Waals surface area contributed by atoms with Crippen molar-refractivity contribution in [1.29, 1.82) is 0 Å². The number of rotatable bonds is 0. The van der Waals surface area contributed by atoms with Gasteiger partial charge in [0.15, 0.2) is 0 Å². The number of benzene rings is 2. The molecule has 0 fully saturated rings. The first-order valence-electron chi connectivity index (χ1n) is 6.01. The highest BCUT2D eigenvalue weighted by Crippen LogP contribution is 2.21. The lowest BCUT2D eigenvalue weighted by atomic mass is 10.1. The third kappa shape index (κ3) is 1.19. The summed E-state index contributed by atoms with van der Waals surface area (Å²) in [6.45, 7) is 0.799. The van der Waals surface area contributed by atoms with E-state index in [0.29, 0.717) is 0 Å². The molecule has 0 spiro atoms. The highest BCUT2D eigenvalue weighted by molar-refractivity contribution is 5.63. The number of hydrogen-bond acceptors (Lipinski definition) is 1. The Balaban J connectivity index is 2.25. The summed E-state index contributed by atoms with van der Waals surface area (Å²) < 4.78 is 5.84. The van der Waals surface area contributed by atoms with Crippen molar-refractivity contribution < 1.29 is 4.74 Å². The Morgan fingerprint density at radius 1 is 0.882 bits per heavy atom. The van der Waals surface area contributed by atoms with Gasteiger partial charge in [0.1, 0.15) is 5.75 Å². The van der Waals surface area contributed by atoms with Crippen LogP contribution < -0.4 is 15.2 Å². The molecule has 0 radical (unpaired) electrons. The van der Waals surface area contributed by atoms with Gasteiger partial charge in [0, 0.05) is 17.2 Å². The zero-order valence-electron chi connectivity index (χ0n) is 9.44. The average molecular weight is 220 g/mol. The lowest BCUT2D eigenvalue weighted by Gasteiger charge is -2.13. The van der Waals surface area contributed by atoms with Crippen LogP contribution in [0.4, 0.5) is 0 Å². The van der Waals surface area contributed by atoms with Crippen molar-refractivity contribution in [2.75, 3.05) is 6.61 Å². The molecule has 0 bridgehead atoms. The standard InChI is InChI=1S/C16H12O/c1-2-6-13-12(4-1)10-15-14(13)8-7-11-5-3-9-17-16(11)15/h1-2,4-8,10H,3,9H2. The molecule has 0 saturated heterocycles. The summed E-state index contributed by atoms with van der Waals surface area (Å²) in [6, 6.07) is 12.9. The van der Waals surface area contributed by atoms with Crippen molar-refractivity contribution in [3.8, 4) is 5.75 Å². The largest absolute Gasteiger partial charge is 0.492 e. The molecule has 1 nitrogen and oxygen atoms in total. The van der Waals surface area contributed by atoms with Gasteiger partial charge in [-0.15, -0.1) is 0 Å². The van der Waals surface area contributed by atoms with Gasteiger partial charge in [-0.2, -0.15) is 0 Å². The topological polar surface area (TPSA) is 9.23 Å². The van der Waals surface area contributed by atoms with Crippen molar-refractivity contribution in [2.24, 2.45) is 0 Å². The Kier molecular flexibility index (Phi) is 1.72. The summed E-state index contributed by atoms with van der Waals surface area (Å²) in [7, 11) is 0. The van der Waals surface area contributed by atoms with Crippen LogP contribution in [0.25, 0.3) is 12.2 Å². The molecule has 1 heteroatoms. The summed E-state index contributed by atoms with van der Waals surface area (Å²) in [4.78, 5) is 0. The molecule has 2 aliphatic rings. The lowest BCUT2D eigenvalue weighted by Crippen LogP contribution is -2.15. The fraction of sp³-hybridized carbons (Fsp3) is 0.125. The molecule has 1 aliphatic carbocycles. The first-order chi connectivity index (χ1) is 8.43. The normalized spacial score (nSPS) is 14.8. The molecule has 2 aromatic rings. The van der Waals surface area contributed by atoms with Crippen LogP contribution in [-0.4, -0.2) is 6.61 Å². The minimum Gasteiger partial charge on any atom is -0.492 e. The van der Waals surface area contributed by atoms with E-state index in [1.807, 2.05) is 0 Å². The van der Waals surface area contributed by atoms with Crippen LogP contribution in [0.1, 0.15) is 12.0 Å². The van der Waals surface area contributed by atoms with Gasteiger partial charge in [-0.05, 0) is 21.7 Å². The lowest BCUT2D eigenvalue weighted by molar-refractivity contribution is 0.318. The van der Waals surface area contributed by atoms with E-state index in [9.17, 15) is 0 Å². The van der Waals surface area contributed by atoms with E-state index in [1.54, 1.807) is 0 Å². The number of fused-ring (bicyclic) bond motifs is 4. The Bertz CT molecular complexity index is 816. The van der Waals surface area contributed by atoms with Gasteiger partial charge in [0.2, 0.25) is 0 Å². The van der Waals surface area contributed by atoms with Crippen LogP contribution in [0.3, 0.4) is 0 Å². The second-order valence-corrected chi connectivity index (χ2v) is 4.52. The summed E-state index contributed by atoms with van der Waals surface area (Å²) in [5, 5.41) is 5.15. The van der Waals surface area contributed by atoms with Gasteiger partial charge >= 0.3 is 0 Å². The van der Waals surface area contributed by atoms with Gasteiger partial charge in [-0.1, -0.05) is 42.5 Å². The number of hydrogen-bond donors (Lipinski definition) is 0. The smallest absolute Gasteiger partial charge is 0.134 e. The molecule has 0 saturated carbocycles. The summed E-state index contributed by atoms with van der Waals surface area (Å²) in [5.74, 6) is 1.06. The van der Waals surface area contributed by atoms with Crippen LogP contribution in [0.2, 0.25) is 0 Å². The molecular formula is C16H12O. The molecule has 4 rings (SSSR count). The zero-order chi connectivity index (χ0) is 11.2. The van der Waals surface area contributed by atoms with E-state index >= 15 is 0 Å². The Labute approximate surface area is 99.0 Å². The summed E-state index contributed by atoms with van der Waals surface area (Å²) in [5.41, 5.74) is 1.25. The Hall–Kier alpha value is -2.02. The van der Waals surface area contributed by atoms with Crippen molar-refractivity contribution in [1.82, 2.24) is 0 Å². The maximum Gasteiger partial charge on any atom is 0.134 e. The summed E-state index contributed by atoms with van der Waals surface area (Å²) >= 11 is 0. The predicted molar refractivity (Wildman–Crippen MR) is 68.0 cm³/mol. The van der Waals surface area contributed by atoms with Crippen LogP contribution in [0.15, 0.2) is 36.4 Å².